The maximum atomic E-state index is 10.1. The van der Waals surface area contributed by atoms with Crippen LogP contribution >= 0.6 is 0 Å². The van der Waals surface area contributed by atoms with E-state index in [1.807, 2.05) is 0 Å². The summed E-state index contributed by atoms with van der Waals surface area (Å²) in [4.78, 5) is 0. The minimum absolute atomic E-state index is 0. The van der Waals surface area contributed by atoms with Crippen LogP contribution in [0.1, 0.15) is 0 Å². The molecule has 0 aromatic heterocycles. The molecule has 0 aromatic carbocycles. The topological polar surface area (TPSA) is 185 Å². The normalized spacial score (nSPS) is 26.5. The van der Waals surface area contributed by atoms with Crippen molar-refractivity contribution in [2.24, 2.45) is 0 Å². The number of hydrogen-bond acceptors (Lipinski definition) is 12. The van der Waals surface area contributed by atoms with E-state index in [2.05, 4.69) is 16.7 Å². The van der Waals surface area contributed by atoms with E-state index in [1.165, 1.54) is 0 Å². The van der Waals surface area contributed by atoms with Gasteiger partial charge in [0.25, 0.3) is 0 Å². The van der Waals surface area contributed by atoms with Gasteiger partial charge in [0.15, 0.2) is 0 Å². The molecule has 17 heavy (non-hydrogen) atoms. The maximum absolute atomic E-state index is 10.1. The Bertz CT molecular complexity index is 502. The number of rotatable bonds is 0. The van der Waals surface area contributed by atoms with E-state index in [0.29, 0.717) is 0 Å². The van der Waals surface area contributed by atoms with E-state index in [-0.39, 0.29) is 17.1 Å². The minimum Gasteiger partial charge on any atom is -0.759 e. The molecule has 16 heteroatoms. The average molecular weight is 356 g/mol. The third-order valence-corrected chi connectivity index (χ3v) is 2.45. The van der Waals surface area contributed by atoms with Gasteiger partial charge in [-0.05, 0) is 0 Å². The fourth-order valence-corrected chi connectivity index (χ4v) is 2.04. The summed E-state index contributed by atoms with van der Waals surface area (Å²) in [5, 5.41) is 0. The first-order chi connectivity index (χ1) is 6.83. The molecule has 102 valence electrons. The fraction of sp³-hybridized carbons (Fsp3) is 1.00. The van der Waals surface area contributed by atoms with Crippen molar-refractivity contribution in [3.05, 3.63) is 0 Å². The summed E-state index contributed by atoms with van der Waals surface area (Å²) in [5.74, 6) is 0. The molecule has 2 saturated heterocycles. The molecular weight excluding hydrogens is 356 g/mol. The molecule has 0 atom stereocenters. The van der Waals surface area contributed by atoms with Crippen molar-refractivity contribution in [2.45, 2.75) is 6.16 Å². The van der Waals surface area contributed by atoms with Crippen molar-refractivity contribution >= 4 is 31.2 Å². The minimum atomic E-state index is -5.17. The molecule has 0 saturated carbocycles. The Morgan fingerprint density at radius 1 is 0.824 bits per heavy atom. The molecule has 2 aliphatic heterocycles. The first-order valence-corrected chi connectivity index (χ1v) is 6.82. The molecule has 0 aromatic rings. The van der Waals surface area contributed by atoms with E-state index in [4.69, 9.17) is 17.5 Å². The number of hydrogen-bond donors (Lipinski definition) is 0. The Balaban J connectivity index is 0.000000373. The molecule has 0 unspecified atom stereocenters. The molecule has 0 aliphatic carbocycles. The van der Waals surface area contributed by atoms with Gasteiger partial charge >= 0.3 is 44.0 Å². The molecule has 0 amide bonds. The van der Waals surface area contributed by atoms with Crippen LogP contribution in [0.5, 0.6) is 0 Å². The van der Waals surface area contributed by atoms with Gasteiger partial charge in [-0.15, -0.1) is 0 Å². The van der Waals surface area contributed by atoms with Crippen LogP contribution in [0.3, 0.4) is 0 Å². The van der Waals surface area contributed by atoms with Crippen LogP contribution < -0.4 is 0 Å². The zero-order valence-electron chi connectivity index (χ0n) is 6.98. The Morgan fingerprint density at radius 2 is 1.00 bits per heavy atom. The van der Waals surface area contributed by atoms with Crippen molar-refractivity contribution in [1.29, 1.82) is 0 Å². The molecule has 2 rings (SSSR count). The SMILES string of the molecule is O=S(=O)([O-])[O-].O=S1(=O)OC2(O1)OS(=O)(=O)O2.[Fe+2]. The van der Waals surface area contributed by atoms with Crippen molar-refractivity contribution in [1.82, 2.24) is 0 Å². The molecule has 2 aliphatic rings. The van der Waals surface area contributed by atoms with Gasteiger partial charge in [-0.25, -0.2) is 0 Å². The van der Waals surface area contributed by atoms with Crippen molar-refractivity contribution in [3.8, 4) is 0 Å². The van der Waals surface area contributed by atoms with Crippen molar-refractivity contribution in [2.75, 3.05) is 0 Å². The summed E-state index contributed by atoms with van der Waals surface area (Å²) in [5.41, 5.74) is 0. The molecule has 0 radical (unpaired) electrons. The van der Waals surface area contributed by atoms with E-state index in [1.54, 1.807) is 0 Å². The van der Waals surface area contributed by atoms with Gasteiger partial charge in [0, 0.05) is 10.4 Å². The summed E-state index contributed by atoms with van der Waals surface area (Å²) in [6.45, 7) is 0. The second-order valence-corrected chi connectivity index (χ2v) is 5.17. The summed E-state index contributed by atoms with van der Waals surface area (Å²) in [6.07, 6.45) is -2.36. The first-order valence-electron chi connectivity index (χ1n) is 2.82. The van der Waals surface area contributed by atoms with Gasteiger partial charge < -0.3 is 9.11 Å². The van der Waals surface area contributed by atoms with Gasteiger partial charge in [-0.1, -0.05) is 0 Å². The van der Waals surface area contributed by atoms with E-state index >= 15 is 0 Å². The Morgan fingerprint density at radius 3 is 1.12 bits per heavy atom. The Kier molecular flexibility index (Phi) is 4.70. The smallest absolute Gasteiger partial charge is 0.759 e. The zero-order valence-corrected chi connectivity index (χ0v) is 10.5. The quantitative estimate of drug-likeness (QED) is 0.241. The summed E-state index contributed by atoms with van der Waals surface area (Å²) in [6, 6.07) is 0. The van der Waals surface area contributed by atoms with Crippen molar-refractivity contribution < 1.29 is 68.2 Å². The summed E-state index contributed by atoms with van der Waals surface area (Å²) >= 11 is 0. The second-order valence-electron chi connectivity index (χ2n) is 2.06. The molecule has 12 nitrogen and oxygen atoms in total. The maximum Gasteiger partial charge on any atom is 2.00 e. The third kappa shape index (κ3) is 5.53. The fourth-order valence-electron chi connectivity index (χ4n) is 0.568. The molecule has 2 heterocycles. The standard InChI is InChI=1S/CO8S2.Fe.H2O4S/c2-10(3)6-1(7-10)8-11(4,5)9-1;;1-5(2,3)4/h;;(H2,1,2,3,4)/q;+2;/p-2. The van der Waals surface area contributed by atoms with Crippen molar-refractivity contribution in [3.63, 3.8) is 0 Å². The molecule has 2 fully saturated rings. The third-order valence-electron chi connectivity index (χ3n) is 0.816. The predicted octanol–water partition coefficient (Wildman–Crippen LogP) is -3.16. The van der Waals surface area contributed by atoms with Gasteiger partial charge in [0.1, 0.15) is 0 Å². The van der Waals surface area contributed by atoms with E-state index in [9.17, 15) is 16.8 Å². The summed E-state index contributed by atoms with van der Waals surface area (Å²) < 4.78 is 89.8. The first kappa shape index (κ1) is 17.1. The van der Waals surface area contributed by atoms with Crippen LogP contribution in [-0.2, 0) is 65.0 Å². The van der Waals surface area contributed by atoms with Crippen LogP contribution in [0.25, 0.3) is 0 Å². The van der Waals surface area contributed by atoms with Gasteiger partial charge in [-0.2, -0.15) is 33.6 Å². The monoisotopic (exact) mass is 356 g/mol. The van der Waals surface area contributed by atoms with Crippen LogP contribution in [-0.4, -0.2) is 40.5 Å². The van der Waals surface area contributed by atoms with Crippen LogP contribution in [0.4, 0.5) is 0 Å². The largest absolute Gasteiger partial charge is 2.00 e. The molecular formula is CFeO12S3. The van der Waals surface area contributed by atoms with Crippen LogP contribution in [0, 0.1) is 0 Å². The van der Waals surface area contributed by atoms with Gasteiger partial charge in [0.05, 0.1) is 0 Å². The van der Waals surface area contributed by atoms with E-state index < -0.39 is 37.4 Å². The Labute approximate surface area is 106 Å². The van der Waals surface area contributed by atoms with E-state index in [0.717, 1.165) is 0 Å². The second kappa shape index (κ2) is 4.67. The molecule has 0 bridgehead atoms. The zero-order chi connectivity index (χ0) is 12.8. The van der Waals surface area contributed by atoms with Crippen LogP contribution in [0.2, 0.25) is 0 Å². The van der Waals surface area contributed by atoms with Gasteiger partial charge in [-0.3, -0.25) is 8.42 Å². The molecule has 1 spiro atoms. The predicted molar refractivity (Wildman–Crippen MR) is 35.4 cm³/mol. The Hall–Kier alpha value is 0.129. The molecule has 0 N–H and O–H groups in total. The van der Waals surface area contributed by atoms with Crippen LogP contribution in [0.15, 0.2) is 0 Å². The average Bonchev–Trinajstić information content (AvgIpc) is 1.71. The summed E-state index contributed by atoms with van der Waals surface area (Å²) in [7, 11) is -13.4. The van der Waals surface area contributed by atoms with Gasteiger partial charge in [0.2, 0.25) is 0 Å².